The van der Waals surface area contributed by atoms with Crippen LogP contribution in [0.2, 0.25) is 0 Å². The third-order valence-electron chi connectivity index (χ3n) is 3.02. The van der Waals surface area contributed by atoms with Crippen LogP contribution in [0.25, 0.3) is 0 Å². The normalized spacial score (nSPS) is 13.0. The van der Waals surface area contributed by atoms with Gasteiger partial charge in [-0.15, -0.1) is 0 Å². The van der Waals surface area contributed by atoms with Gasteiger partial charge in [0.25, 0.3) is 0 Å². The fraction of sp³-hybridized carbons (Fsp3) is 0.769. The van der Waals surface area contributed by atoms with E-state index in [4.69, 9.17) is 10.8 Å². The second-order valence-electron chi connectivity index (χ2n) is 4.37. The first kappa shape index (κ1) is 14.6. The van der Waals surface area contributed by atoms with Gasteiger partial charge in [-0.05, 0) is 38.2 Å². The summed E-state index contributed by atoms with van der Waals surface area (Å²) < 4.78 is 2.17. The van der Waals surface area contributed by atoms with Crippen LogP contribution in [0.1, 0.15) is 50.2 Å². The van der Waals surface area contributed by atoms with E-state index in [0.29, 0.717) is 0 Å². The summed E-state index contributed by atoms with van der Waals surface area (Å²) in [5, 5.41) is 4.72. The van der Waals surface area contributed by atoms with Crippen LogP contribution >= 0.6 is 11.8 Å². The van der Waals surface area contributed by atoms with Crippen LogP contribution in [0.15, 0.2) is 0 Å². The molecule has 1 rings (SSSR count). The van der Waals surface area contributed by atoms with Crippen LogP contribution in [0.3, 0.4) is 0 Å². The summed E-state index contributed by atoms with van der Waals surface area (Å²) in [7, 11) is 0. The van der Waals surface area contributed by atoms with Crippen molar-refractivity contribution in [2.24, 2.45) is 5.73 Å². The van der Waals surface area contributed by atoms with Crippen molar-refractivity contribution in [2.45, 2.75) is 52.6 Å². The van der Waals surface area contributed by atoms with Gasteiger partial charge in [0.1, 0.15) is 0 Å². The summed E-state index contributed by atoms with van der Waals surface area (Å²) in [6.07, 6.45) is 5.31. The molecule has 1 heterocycles. The first-order chi connectivity index (χ1) is 8.15. The lowest BCUT2D eigenvalue weighted by Crippen LogP contribution is -2.11. The molecule has 0 aromatic carbocycles. The quantitative estimate of drug-likeness (QED) is 0.762. The van der Waals surface area contributed by atoms with Gasteiger partial charge in [0.05, 0.1) is 5.69 Å². The molecule has 0 saturated carbocycles. The Balaban J connectivity index is 2.96. The van der Waals surface area contributed by atoms with Gasteiger partial charge >= 0.3 is 0 Å². The Bertz CT molecular complexity index is 345. The smallest absolute Gasteiger partial charge is 0.0672 e. The first-order valence-electron chi connectivity index (χ1n) is 6.48. The highest BCUT2D eigenvalue weighted by atomic mass is 32.2. The topological polar surface area (TPSA) is 43.8 Å². The van der Waals surface area contributed by atoms with Crippen LogP contribution in [0.5, 0.6) is 0 Å². The zero-order valence-electron chi connectivity index (χ0n) is 11.5. The van der Waals surface area contributed by atoms with Crippen LogP contribution in [0, 0.1) is 0 Å². The first-order valence-corrected chi connectivity index (χ1v) is 7.87. The molecule has 0 saturated heterocycles. The third-order valence-corrected chi connectivity index (χ3v) is 3.72. The number of hydrogen-bond donors (Lipinski definition) is 1. The number of rotatable bonds is 7. The largest absolute Gasteiger partial charge is 0.324 e. The van der Waals surface area contributed by atoms with E-state index < -0.39 is 0 Å². The van der Waals surface area contributed by atoms with Crippen LogP contribution in [-0.4, -0.2) is 21.8 Å². The van der Waals surface area contributed by atoms with E-state index in [1.165, 1.54) is 29.1 Å². The zero-order chi connectivity index (χ0) is 12.8. The Kier molecular flexibility index (Phi) is 6.06. The molecule has 1 aromatic rings. The maximum atomic E-state index is 6.08. The molecule has 1 aromatic heterocycles. The maximum absolute atomic E-state index is 6.08. The highest BCUT2D eigenvalue weighted by Gasteiger charge is 2.17. The Hall–Kier alpha value is -0.480. The minimum atomic E-state index is 0.0919. The molecule has 0 fully saturated rings. The van der Waals surface area contributed by atoms with E-state index in [-0.39, 0.29) is 6.04 Å². The fourth-order valence-corrected chi connectivity index (χ4v) is 2.69. The van der Waals surface area contributed by atoms with E-state index in [2.05, 4.69) is 31.7 Å². The van der Waals surface area contributed by atoms with Gasteiger partial charge < -0.3 is 5.73 Å². The molecule has 0 aliphatic carbocycles. The van der Waals surface area contributed by atoms with Crippen molar-refractivity contribution in [3.63, 3.8) is 0 Å². The number of hydrogen-bond acceptors (Lipinski definition) is 3. The summed E-state index contributed by atoms with van der Waals surface area (Å²) >= 11 is 1.89. The standard InChI is InChI=1S/C13H25N3S/c1-5-11-13(10(3)14)12(6-2)16(15-11)8-7-9-17-4/h10H,5-9,14H2,1-4H3. The monoisotopic (exact) mass is 255 g/mol. The van der Waals surface area contributed by atoms with E-state index in [1.807, 2.05) is 11.8 Å². The summed E-state index contributed by atoms with van der Waals surface area (Å²) in [5.41, 5.74) is 9.87. The molecule has 0 amide bonds. The van der Waals surface area contributed by atoms with Crippen molar-refractivity contribution in [1.82, 2.24) is 9.78 Å². The summed E-state index contributed by atoms with van der Waals surface area (Å²) in [6, 6.07) is 0.0919. The number of nitrogens with two attached hydrogens (primary N) is 1. The third kappa shape index (κ3) is 3.49. The Morgan fingerprint density at radius 3 is 2.53 bits per heavy atom. The van der Waals surface area contributed by atoms with Gasteiger partial charge in [0.15, 0.2) is 0 Å². The van der Waals surface area contributed by atoms with Gasteiger partial charge in [-0.3, -0.25) is 4.68 Å². The molecule has 0 aliphatic rings. The molecule has 1 unspecified atom stereocenters. The van der Waals surface area contributed by atoms with Crippen LogP contribution in [0.4, 0.5) is 0 Å². The molecule has 98 valence electrons. The Morgan fingerprint density at radius 1 is 1.35 bits per heavy atom. The predicted molar refractivity (Wildman–Crippen MR) is 76.6 cm³/mol. The van der Waals surface area contributed by atoms with E-state index >= 15 is 0 Å². The Morgan fingerprint density at radius 2 is 2.06 bits per heavy atom. The van der Waals surface area contributed by atoms with Crippen molar-refractivity contribution in [3.8, 4) is 0 Å². The highest BCUT2D eigenvalue weighted by molar-refractivity contribution is 7.98. The lowest BCUT2D eigenvalue weighted by Gasteiger charge is -2.10. The SMILES string of the molecule is CCc1nn(CCCSC)c(CC)c1C(C)N. The molecule has 1 atom stereocenters. The van der Waals surface area contributed by atoms with Gasteiger partial charge in [0, 0.05) is 23.8 Å². The molecule has 4 heteroatoms. The van der Waals surface area contributed by atoms with Crippen molar-refractivity contribution in [3.05, 3.63) is 17.0 Å². The fourth-order valence-electron chi connectivity index (χ4n) is 2.27. The van der Waals surface area contributed by atoms with Crippen LogP contribution in [-0.2, 0) is 19.4 Å². The van der Waals surface area contributed by atoms with E-state index in [1.54, 1.807) is 0 Å². The Labute approximate surface area is 109 Å². The number of thioether (sulfide) groups is 1. The van der Waals surface area contributed by atoms with Crippen molar-refractivity contribution in [1.29, 1.82) is 0 Å². The average molecular weight is 255 g/mol. The molecule has 17 heavy (non-hydrogen) atoms. The molecule has 3 nitrogen and oxygen atoms in total. The second-order valence-corrected chi connectivity index (χ2v) is 5.36. The maximum Gasteiger partial charge on any atom is 0.0672 e. The lowest BCUT2D eigenvalue weighted by atomic mass is 10.0. The van der Waals surface area contributed by atoms with Crippen molar-refractivity contribution < 1.29 is 0 Å². The predicted octanol–water partition coefficient (Wildman–Crippen LogP) is 2.78. The molecular weight excluding hydrogens is 230 g/mol. The second kappa shape index (κ2) is 7.07. The van der Waals surface area contributed by atoms with Gasteiger partial charge in [0.2, 0.25) is 0 Å². The molecule has 2 N–H and O–H groups in total. The number of nitrogens with zero attached hydrogens (tertiary/aromatic N) is 2. The lowest BCUT2D eigenvalue weighted by molar-refractivity contribution is 0.572. The summed E-state index contributed by atoms with van der Waals surface area (Å²) in [6.45, 7) is 7.42. The van der Waals surface area contributed by atoms with Crippen LogP contribution < -0.4 is 5.73 Å². The van der Waals surface area contributed by atoms with Gasteiger partial charge in [-0.25, -0.2) is 0 Å². The highest BCUT2D eigenvalue weighted by Crippen LogP contribution is 2.22. The van der Waals surface area contributed by atoms with Crippen molar-refractivity contribution >= 4 is 11.8 Å². The van der Waals surface area contributed by atoms with E-state index in [9.17, 15) is 0 Å². The summed E-state index contributed by atoms with van der Waals surface area (Å²) in [5.74, 6) is 1.19. The average Bonchev–Trinajstić information content (AvgIpc) is 2.67. The molecule has 0 bridgehead atoms. The molecule has 0 radical (unpaired) electrons. The summed E-state index contributed by atoms with van der Waals surface area (Å²) in [4.78, 5) is 0. The van der Waals surface area contributed by atoms with Crippen molar-refractivity contribution in [2.75, 3.05) is 12.0 Å². The number of aromatic nitrogens is 2. The van der Waals surface area contributed by atoms with E-state index in [0.717, 1.165) is 19.4 Å². The van der Waals surface area contributed by atoms with Gasteiger partial charge in [-0.2, -0.15) is 16.9 Å². The van der Waals surface area contributed by atoms with Gasteiger partial charge in [-0.1, -0.05) is 13.8 Å². The number of aryl methyl sites for hydroxylation is 2. The molecular formula is C13H25N3S. The molecule has 0 spiro atoms. The minimum absolute atomic E-state index is 0.0919. The zero-order valence-corrected chi connectivity index (χ0v) is 12.3. The molecule has 0 aliphatic heterocycles. The minimum Gasteiger partial charge on any atom is -0.324 e.